The fraction of sp³-hybridized carbons (Fsp3) is 0. The standard InChI is InChI=1S/C36H26O2P2.FH3P2.H2O/c37-40(30-17-9-3-10-18-30,31-19-11-4-12-20-31)32-22-24-36-34(26-32)33-25-29(21-23-35(33)38-36)39(27-13-5-1-6-14-27)28-15-7-2-8-16-28;1-3-2;/h1-26H;3H,2H2;1H2. The van der Waals surface area contributed by atoms with Crippen LogP contribution in [0.25, 0.3) is 21.9 Å². The van der Waals surface area contributed by atoms with E-state index in [0.717, 1.165) is 37.9 Å². The van der Waals surface area contributed by atoms with Gasteiger partial charge in [-0.15, -0.1) is 0 Å². The molecule has 0 bridgehead atoms. The van der Waals surface area contributed by atoms with Gasteiger partial charge in [-0.3, -0.25) is 0 Å². The molecule has 0 aliphatic rings. The summed E-state index contributed by atoms with van der Waals surface area (Å²) >= 11 is 0. The van der Waals surface area contributed by atoms with Gasteiger partial charge < -0.3 is 14.5 Å². The van der Waals surface area contributed by atoms with Gasteiger partial charge in [0.05, 0.1) is 8.58 Å². The van der Waals surface area contributed by atoms with Crippen molar-refractivity contribution in [1.29, 1.82) is 0 Å². The number of halogens is 1. The van der Waals surface area contributed by atoms with Crippen LogP contribution >= 0.6 is 32.6 Å². The van der Waals surface area contributed by atoms with E-state index in [1.807, 2.05) is 81.7 Å². The molecule has 0 spiro atoms. The van der Waals surface area contributed by atoms with Gasteiger partial charge in [-0.1, -0.05) is 136 Å². The highest BCUT2D eigenvalue weighted by atomic mass is 32.0. The van der Waals surface area contributed by atoms with Gasteiger partial charge in [0, 0.05) is 26.7 Å². The third-order valence-corrected chi connectivity index (χ3v) is 12.8. The van der Waals surface area contributed by atoms with Gasteiger partial charge in [0.15, 0.2) is 7.14 Å². The molecule has 7 aromatic rings. The maximum atomic E-state index is 15.0. The Morgan fingerprint density at radius 2 is 0.955 bits per heavy atom. The lowest BCUT2D eigenvalue weighted by Gasteiger charge is -2.20. The van der Waals surface area contributed by atoms with E-state index in [4.69, 9.17) is 4.42 Å². The second kappa shape index (κ2) is 14.5. The van der Waals surface area contributed by atoms with Crippen LogP contribution in [0.15, 0.2) is 162 Å². The van der Waals surface area contributed by atoms with Gasteiger partial charge in [0.2, 0.25) is 0 Å². The molecule has 3 nitrogen and oxygen atoms in total. The molecule has 8 heteroatoms. The molecule has 2 unspecified atom stereocenters. The SMILES string of the molecule is FPP.O.O=P(c1ccccc1)(c1ccccc1)c1ccc2oc3ccc(P(c4ccccc4)c4ccccc4)cc3c2c1. The van der Waals surface area contributed by atoms with Crippen molar-refractivity contribution < 1.29 is 18.7 Å². The Bertz CT molecular complexity index is 1920. The summed E-state index contributed by atoms with van der Waals surface area (Å²) in [5.41, 5.74) is 1.63. The molecule has 0 saturated heterocycles. The molecular formula is C36H31FO3P4. The molecule has 220 valence electrons. The summed E-state index contributed by atoms with van der Waals surface area (Å²) in [5, 5.41) is 8.33. The zero-order valence-electron chi connectivity index (χ0n) is 23.7. The van der Waals surface area contributed by atoms with E-state index in [2.05, 4.69) is 84.9 Å². The van der Waals surface area contributed by atoms with Crippen molar-refractivity contribution in [3.8, 4) is 0 Å². The van der Waals surface area contributed by atoms with E-state index in [9.17, 15) is 4.20 Å². The van der Waals surface area contributed by atoms with E-state index in [1.54, 1.807) is 0 Å². The first kappa shape index (κ1) is 31.9. The smallest absolute Gasteiger partial charge is 0.171 e. The average molecular weight is 655 g/mol. The number of fused-ring (bicyclic) bond motifs is 3. The van der Waals surface area contributed by atoms with Gasteiger partial charge >= 0.3 is 0 Å². The van der Waals surface area contributed by atoms with Crippen LogP contribution in [0.3, 0.4) is 0 Å². The van der Waals surface area contributed by atoms with Crippen molar-refractivity contribution in [3.05, 3.63) is 158 Å². The van der Waals surface area contributed by atoms with Crippen molar-refractivity contribution in [1.82, 2.24) is 0 Å². The Labute approximate surface area is 262 Å². The van der Waals surface area contributed by atoms with Crippen LogP contribution < -0.4 is 31.8 Å². The summed E-state index contributed by atoms with van der Waals surface area (Å²) in [5.74, 6) is 0. The molecule has 0 fully saturated rings. The van der Waals surface area contributed by atoms with Crippen LogP contribution in [0, 0.1) is 0 Å². The minimum atomic E-state index is -3.10. The summed E-state index contributed by atoms with van der Waals surface area (Å²) < 4.78 is 31.6. The predicted molar refractivity (Wildman–Crippen MR) is 195 cm³/mol. The number of hydrogen-bond donors (Lipinski definition) is 0. The highest BCUT2D eigenvalue weighted by Gasteiger charge is 2.30. The zero-order valence-corrected chi connectivity index (χ0v) is 27.6. The monoisotopic (exact) mass is 654 g/mol. The first-order chi connectivity index (χ1) is 21.1. The lowest BCUT2D eigenvalue weighted by atomic mass is 10.1. The van der Waals surface area contributed by atoms with E-state index in [0.29, 0.717) is 0 Å². The fourth-order valence-corrected chi connectivity index (χ4v) is 10.4. The maximum absolute atomic E-state index is 15.0. The van der Waals surface area contributed by atoms with Gasteiger partial charge in [-0.2, -0.15) is 0 Å². The Morgan fingerprint density at radius 1 is 0.545 bits per heavy atom. The highest BCUT2D eigenvalue weighted by molar-refractivity contribution is 8.00. The minimum absolute atomic E-state index is 0. The first-order valence-electron chi connectivity index (χ1n) is 13.8. The first-order valence-corrected chi connectivity index (χ1v) is 19.5. The summed E-state index contributed by atoms with van der Waals surface area (Å²) in [6.07, 6.45) is 0. The topological polar surface area (TPSA) is 61.7 Å². The van der Waals surface area contributed by atoms with Crippen LogP contribution in [0.4, 0.5) is 4.20 Å². The van der Waals surface area contributed by atoms with Crippen molar-refractivity contribution in [2.75, 3.05) is 0 Å². The minimum Gasteiger partial charge on any atom is -0.456 e. The van der Waals surface area contributed by atoms with Crippen LogP contribution in [-0.4, -0.2) is 5.48 Å². The normalized spacial score (nSPS) is 11.4. The summed E-state index contributed by atoms with van der Waals surface area (Å²) in [6.45, 7) is 0. The van der Waals surface area contributed by atoms with Crippen molar-refractivity contribution >= 4 is 86.3 Å². The fourth-order valence-electron chi connectivity index (χ4n) is 5.41. The molecule has 6 aromatic carbocycles. The van der Waals surface area contributed by atoms with E-state index < -0.39 is 23.6 Å². The molecule has 0 aliphatic carbocycles. The second-order valence-electron chi connectivity index (χ2n) is 9.86. The molecule has 0 amide bonds. The van der Waals surface area contributed by atoms with Crippen LogP contribution in [0.1, 0.15) is 0 Å². The Morgan fingerprint density at radius 3 is 1.43 bits per heavy atom. The average Bonchev–Trinajstić information content (AvgIpc) is 3.44. The van der Waals surface area contributed by atoms with Crippen LogP contribution in [0.2, 0.25) is 0 Å². The predicted octanol–water partition coefficient (Wildman–Crippen LogP) is 7.50. The zero-order chi connectivity index (χ0) is 29.6. The lowest BCUT2D eigenvalue weighted by Crippen LogP contribution is -2.24. The molecule has 1 heterocycles. The van der Waals surface area contributed by atoms with Crippen LogP contribution in [0.5, 0.6) is 0 Å². The van der Waals surface area contributed by atoms with E-state index in [1.165, 1.54) is 15.9 Å². The largest absolute Gasteiger partial charge is 0.456 e. The number of hydrogen-bond acceptors (Lipinski definition) is 2. The van der Waals surface area contributed by atoms with Crippen molar-refractivity contribution in [2.24, 2.45) is 0 Å². The number of rotatable bonds is 6. The Kier molecular flexibility index (Phi) is 10.6. The number of furan rings is 1. The molecule has 2 N–H and O–H groups in total. The quantitative estimate of drug-likeness (QED) is 0.175. The van der Waals surface area contributed by atoms with Gasteiger partial charge in [0.25, 0.3) is 0 Å². The molecule has 7 rings (SSSR count). The Balaban J connectivity index is 0.000000924. The third-order valence-electron chi connectivity index (χ3n) is 7.33. The summed E-state index contributed by atoms with van der Waals surface area (Å²) in [4.78, 5) is 0. The van der Waals surface area contributed by atoms with Gasteiger partial charge in [0.1, 0.15) is 11.2 Å². The van der Waals surface area contributed by atoms with Crippen LogP contribution in [-0.2, 0) is 4.57 Å². The van der Waals surface area contributed by atoms with E-state index in [-0.39, 0.29) is 5.48 Å². The van der Waals surface area contributed by atoms with Crippen molar-refractivity contribution in [2.45, 2.75) is 0 Å². The molecule has 44 heavy (non-hydrogen) atoms. The lowest BCUT2D eigenvalue weighted by molar-refractivity contribution is 0.592. The second-order valence-corrected chi connectivity index (χ2v) is 15.7. The summed E-state index contributed by atoms with van der Waals surface area (Å²) in [6, 6.07) is 53.6. The molecular weight excluding hydrogens is 623 g/mol. The highest BCUT2D eigenvalue weighted by Crippen LogP contribution is 2.44. The van der Waals surface area contributed by atoms with Gasteiger partial charge in [-0.25, -0.2) is 4.20 Å². The third kappa shape index (κ3) is 6.34. The van der Waals surface area contributed by atoms with E-state index >= 15 is 4.57 Å². The molecule has 2 atom stereocenters. The summed E-state index contributed by atoms with van der Waals surface area (Å²) in [7, 11) is -2.41. The Hall–Kier alpha value is -3.47. The maximum Gasteiger partial charge on any atom is 0.171 e. The van der Waals surface area contributed by atoms with Gasteiger partial charge in [-0.05, 0) is 54.2 Å². The number of benzene rings is 6. The molecule has 1 aromatic heterocycles. The van der Waals surface area contributed by atoms with Crippen molar-refractivity contribution in [3.63, 3.8) is 0 Å². The molecule has 0 saturated carbocycles. The molecule has 0 aliphatic heterocycles. The molecule has 0 radical (unpaired) electrons.